The van der Waals surface area contributed by atoms with Crippen LogP contribution >= 0.6 is 11.3 Å². The van der Waals surface area contributed by atoms with Crippen molar-refractivity contribution in [3.8, 4) is 10.4 Å². The Bertz CT molecular complexity index is 876. The van der Waals surface area contributed by atoms with Crippen molar-refractivity contribution in [3.63, 3.8) is 0 Å². The van der Waals surface area contributed by atoms with E-state index in [0.717, 1.165) is 21.6 Å². The van der Waals surface area contributed by atoms with Gasteiger partial charge in [0, 0.05) is 6.42 Å². The average Bonchev–Trinajstić information content (AvgIpc) is 3.21. The molecule has 4 nitrogen and oxygen atoms in total. The van der Waals surface area contributed by atoms with Gasteiger partial charge in [-0.15, -0.1) is 11.3 Å². The monoisotopic (exact) mass is 336 g/mol. The molecule has 1 heterocycles. The summed E-state index contributed by atoms with van der Waals surface area (Å²) in [5, 5.41) is 13.3. The molecule has 1 amide bonds. The van der Waals surface area contributed by atoms with Crippen LogP contribution in [-0.2, 0) is 6.42 Å². The second-order valence-electron chi connectivity index (χ2n) is 5.82. The van der Waals surface area contributed by atoms with Gasteiger partial charge in [0.1, 0.15) is 5.69 Å². The molecule has 0 saturated heterocycles. The second-order valence-corrected chi connectivity index (χ2v) is 6.67. The lowest BCUT2D eigenvalue weighted by atomic mass is 10.1. The molecule has 0 aliphatic heterocycles. The number of nitrogens with one attached hydrogen (secondary N) is 1. The van der Waals surface area contributed by atoms with Crippen molar-refractivity contribution >= 4 is 17.2 Å². The van der Waals surface area contributed by atoms with Crippen LogP contribution in [0.2, 0.25) is 0 Å². The smallest absolute Gasteiger partial charge is 0.271 e. The first kappa shape index (κ1) is 15.1. The highest BCUT2D eigenvalue weighted by Crippen LogP contribution is 2.32. The van der Waals surface area contributed by atoms with Crippen molar-refractivity contribution < 1.29 is 9.90 Å². The molecular formula is C19H16N2O2S. The van der Waals surface area contributed by atoms with Gasteiger partial charge in [0.05, 0.1) is 22.5 Å². The van der Waals surface area contributed by atoms with Crippen molar-refractivity contribution in [2.45, 2.75) is 18.6 Å². The minimum Gasteiger partial charge on any atom is -0.390 e. The second kappa shape index (κ2) is 6.19. The lowest BCUT2D eigenvalue weighted by Gasteiger charge is -2.17. The summed E-state index contributed by atoms with van der Waals surface area (Å²) in [6, 6.07) is 17.2. The Balaban J connectivity index is 1.61. The number of hydrogen-bond acceptors (Lipinski definition) is 4. The van der Waals surface area contributed by atoms with Gasteiger partial charge in [-0.3, -0.25) is 4.79 Å². The molecule has 3 aromatic rings. The molecule has 0 spiro atoms. The number of carbonyl (C=O) groups excluding carboxylic acids is 1. The summed E-state index contributed by atoms with van der Waals surface area (Å²) in [5.74, 6) is -0.254. The maximum absolute atomic E-state index is 12.7. The molecule has 1 aliphatic rings. The quantitative estimate of drug-likeness (QED) is 0.772. The molecule has 0 bridgehead atoms. The summed E-state index contributed by atoms with van der Waals surface area (Å²) in [5.41, 5.74) is 5.11. The average molecular weight is 336 g/mol. The summed E-state index contributed by atoms with van der Waals surface area (Å²) in [6.07, 6.45) is -0.0471. The van der Waals surface area contributed by atoms with Gasteiger partial charge in [-0.1, -0.05) is 54.6 Å². The number of aliphatic hydroxyl groups excluding tert-OH is 1. The summed E-state index contributed by atoms with van der Waals surface area (Å²) < 4.78 is 0. The highest BCUT2D eigenvalue weighted by molar-refractivity contribution is 7.13. The topological polar surface area (TPSA) is 62.2 Å². The van der Waals surface area contributed by atoms with Gasteiger partial charge < -0.3 is 10.4 Å². The zero-order chi connectivity index (χ0) is 16.5. The standard InChI is InChI=1S/C19H16N2O2S/c22-15-10-13-8-4-5-9-14(13)16(15)21-19(23)17-18(24-11-20-17)12-6-2-1-3-7-12/h1-9,11,15-16,22H,10H2,(H,21,23)/t15-,16+/m1/s1. The molecule has 1 aromatic heterocycles. The van der Waals surface area contributed by atoms with Gasteiger partial charge in [-0.25, -0.2) is 4.98 Å². The van der Waals surface area contributed by atoms with Gasteiger partial charge in [0.15, 0.2) is 0 Å². The first-order chi connectivity index (χ1) is 11.7. The Morgan fingerprint density at radius 1 is 1.12 bits per heavy atom. The summed E-state index contributed by atoms with van der Waals surface area (Å²) >= 11 is 1.44. The fraction of sp³-hybridized carbons (Fsp3) is 0.158. The minimum atomic E-state index is -0.606. The first-order valence-corrected chi connectivity index (χ1v) is 8.67. The summed E-state index contributed by atoms with van der Waals surface area (Å²) in [6.45, 7) is 0. The van der Waals surface area contributed by atoms with Crippen molar-refractivity contribution in [1.29, 1.82) is 0 Å². The lowest BCUT2D eigenvalue weighted by molar-refractivity contribution is 0.0854. The SMILES string of the molecule is O=C(N[C@H]1c2ccccc2C[C@H]1O)c1ncsc1-c1ccccc1. The van der Waals surface area contributed by atoms with Crippen LogP contribution in [-0.4, -0.2) is 22.1 Å². The van der Waals surface area contributed by atoms with Crippen LogP contribution in [0.5, 0.6) is 0 Å². The number of aliphatic hydroxyl groups is 1. The van der Waals surface area contributed by atoms with E-state index < -0.39 is 6.10 Å². The Kier molecular flexibility index (Phi) is 3.88. The maximum Gasteiger partial charge on any atom is 0.271 e. The first-order valence-electron chi connectivity index (χ1n) is 7.79. The molecule has 0 radical (unpaired) electrons. The maximum atomic E-state index is 12.7. The number of carbonyl (C=O) groups is 1. The number of aromatic nitrogens is 1. The molecule has 0 saturated carbocycles. The molecule has 1 aliphatic carbocycles. The third kappa shape index (κ3) is 2.62. The zero-order valence-electron chi connectivity index (χ0n) is 12.8. The molecule has 24 heavy (non-hydrogen) atoms. The van der Waals surface area contributed by atoms with E-state index in [1.165, 1.54) is 11.3 Å². The molecule has 120 valence electrons. The van der Waals surface area contributed by atoms with Gasteiger partial charge in [-0.05, 0) is 16.7 Å². The number of fused-ring (bicyclic) bond motifs is 1. The van der Waals surface area contributed by atoms with Crippen LogP contribution in [0.15, 0.2) is 60.1 Å². The number of thiazole rings is 1. The van der Waals surface area contributed by atoms with Crippen molar-refractivity contribution in [2.75, 3.05) is 0 Å². The summed E-state index contributed by atoms with van der Waals surface area (Å²) in [4.78, 5) is 17.8. The summed E-state index contributed by atoms with van der Waals surface area (Å²) in [7, 11) is 0. The molecule has 5 heteroatoms. The van der Waals surface area contributed by atoms with Crippen LogP contribution in [0.3, 0.4) is 0 Å². The molecule has 2 aromatic carbocycles. The Morgan fingerprint density at radius 2 is 1.88 bits per heavy atom. The van der Waals surface area contributed by atoms with Gasteiger partial charge in [0.2, 0.25) is 0 Å². The van der Waals surface area contributed by atoms with E-state index in [1.54, 1.807) is 5.51 Å². The van der Waals surface area contributed by atoms with E-state index >= 15 is 0 Å². The number of nitrogens with zero attached hydrogens (tertiary/aromatic N) is 1. The van der Waals surface area contributed by atoms with E-state index in [1.807, 2.05) is 54.6 Å². The van der Waals surface area contributed by atoms with Gasteiger partial charge >= 0.3 is 0 Å². The molecule has 4 rings (SSSR count). The van der Waals surface area contributed by atoms with E-state index in [4.69, 9.17) is 0 Å². The van der Waals surface area contributed by atoms with Gasteiger partial charge in [-0.2, -0.15) is 0 Å². The van der Waals surface area contributed by atoms with Crippen molar-refractivity contribution in [2.24, 2.45) is 0 Å². The Morgan fingerprint density at radius 3 is 2.71 bits per heavy atom. The predicted molar refractivity (Wildman–Crippen MR) is 93.9 cm³/mol. The lowest BCUT2D eigenvalue weighted by Crippen LogP contribution is -2.34. The van der Waals surface area contributed by atoms with Crippen LogP contribution in [0.1, 0.15) is 27.7 Å². The molecular weight excluding hydrogens is 320 g/mol. The minimum absolute atomic E-state index is 0.254. The number of hydrogen-bond donors (Lipinski definition) is 2. The van der Waals surface area contributed by atoms with Crippen LogP contribution in [0, 0.1) is 0 Å². The molecule has 0 unspecified atom stereocenters. The fourth-order valence-electron chi connectivity index (χ4n) is 3.16. The molecule has 2 atom stereocenters. The zero-order valence-corrected chi connectivity index (χ0v) is 13.7. The van der Waals surface area contributed by atoms with Crippen molar-refractivity contribution in [3.05, 3.63) is 76.9 Å². The third-order valence-electron chi connectivity index (χ3n) is 4.31. The van der Waals surface area contributed by atoms with Crippen molar-refractivity contribution in [1.82, 2.24) is 10.3 Å². The number of rotatable bonds is 3. The number of amides is 1. The normalized spacial score (nSPS) is 19.0. The van der Waals surface area contributed by atoms with E-state index in [-0.39, 0.29) is 11.9 Å². The fourth-order valence-corrected chi connectivity index (χ4v) is 3.95. The largest absolute Gasteiger partial charge is 0.390 e. The Hall–Kier alpha value is -2.50. The predicted octanol–water partition coefficient (Wildman–Crippen LogP) is 3.20. The van der Waals surface area contributed by atoms with E-state index in [9.17, 15) is 9.90 Å². The highest BCUT2D eigenvalue weighted by atomic mass is 32.1. The van der Waals surface area contributed by atoms with E-state index in [2.05, 4.69) is 10.3 Å². The third-order valence-corrected chi connectivity index (χ3v) is 5.18. The van der Waals surface area contributed by atoms with Crippen LogP contribution in [0.25, 0.3) is 10.4 Å². The van der Waals surface area contributed by atoms with Gasteiger partial charge in [0.25, 0.3) is 5.91 Å². The molecule has 2 N–H and O–H groups in total. The molecule has 0 fully saturated rings. The highest BCUT2D eigenvalue weighted by Gasteiger charge is 2.32. The van der Waals surface area contributed by atoms with Crippen LogP contribution in [0.4, 0.5) is 0 Å². The number of benzene rings is 2. The Labute approximate surface area is 143 Å². The van der Waals surface area contributed by atoms with E-state index in [0.29, 0.717) is 12.1 Å². The van der Waals surface area contributed by atoms with Crippen LogP contribution < -0.4 is 5.32 Å².